The van der Waals surface area contributed by atoms with Crippen LogP contribution in [0.25, 0.3) is 5.57 Å². The molecular weight excluding hydrogens is 363 g/mol. The number of fused-ring (bicyclic) bond motifs is 3. The summed E-state index contributed by atoms with van der Waals surface area (Å²) in [4.78, 5) is 22.3. The van der Waals surface area contributed by atoms with Crippen molar-refractivity contribution in [2.75, 3.05) is 0 Å². The molecule has 1 amide bonds. The fraction of sp³-hybridized carbons (Fsp3) is 0.167. The molecule has 0 spiro atoms. The van der Waals surface area contributed by atoms with Crippen molar-refractivity contribution in [1.82, 2.24) is 5.32 Å². The number of carbonyl (C=O) groups is 1. The van der Waals surface area contributed by atoms with Crippen molar-refractivity contribution in [2.24, 2.45) is 0 Å². The van der Waals surface area contributed by atoms with Crippen LogP contribution in [0.15, 0.2) is 42.0 Å². The first-order valence-electron chi connectivity index (χ1n) is 7.72. The Morgan fingerprint density at radius 3 is 2.64 bits per heavy atom. The predicted molar refractivity (Wildman–Crippen MR) is 95.7 cm³/mol. The summed E-state index contributed by atoms with van der Waals surface area (Å²) in [5.74, 6) is 0.0117. The summed E-state index contributed by atoms with van der Waals surface area (Å²) in [6, 6.07) is 10.1. The first kappa shape index (κ1) is 16.1. The molecule has 0 saturated carbocycles. The van der Waals surface area contributed by atoms with E-state index in [2.05, 4.69) is 5.32 Å². The lowest BCUT2D eigenvalue weighted by Crippen LogP contribution is -2.32. The number of rotatable bonds is 2. The molecule has 1 fully saturated rings. The smallest absolute Gasteiger partial charge is 0.287 e. The number of hydrogen-bond donors (Lipinski definition) is 1. The molecule has 25 heavy (non-hydrogen) atoms. The maximum Gasteiger partial charge on any atom is 0.287 e. The van der Waals surface area contributed by atoms with Gasteiger partial charge in [0.25, 0.3) is 5.69 Å². The zero-order valence-corrected chi connectivity index (χ0v) is 14.4. The average molecular weight is 375 g/mol. The molecule has 4 rings (SSSR count). The minimum atomic E-state index is -0.507. The number of hydrogen-bond acceptors (Lipinski definition) is 3. The van der Waals surface area contributed by atoms with Crippen molar-refractivity contribution in [3.05, 3.63) is 78.8 Å². The quantitative estimate of drug-likeness (QED) is 0.613. The standard InChI is InChI=1S/C18H12Cl2N2O3/c19-10-2-3-11-13(8-10)17(12-4-6-16(23)21-18(11)12)9-1-5-15(22(24)25)14(20)7-9/h1-3,5,7-8,18H,4,6H2,(H,21,23). The minimum Gasteiger partial charge on any atom is -0.345 e. The highest BCUT2D eigenvalue weighted by molar-refractivity contribution is 6.33. The van der Waals surface area contributed by atoms with Crippen LogP contribution in [-0.2, 0) is 4.79 Å². The fourth-order valence-corrected chi connectivity index (χ4v) is 3.99. The molecule has 5 nitrogen and oxygen atoms in total. The van der Waals surface area contributed by atoms with E-state index in [0.717, 1.165) is 27.8 Å². The highest BCUT2D eigenvalue weighted by Crippen LogP contribution is 2.48. The van der Waals surface area contributed by atoms with Crippen LogP contribution in [0.5, 0.6) is 0 Å². The monoisotopic (exact) mass is 374 g/mol. The van der Waals surface area contributed by atoms with Gasteiger partial charge in [0, 0.05) is 17.5 Å². The summed E-state index contributed by atoms with van der Waals surface area (Å²) < 4.78 is 0. The fourth-order valence-electron chi connectivity index (χ4n) is 3.57. The lowest BCUT2D eigenvalue weighted by atomic mass is 9.93. The Kier molecular flexibility index (Phi) is 3.78. The van der Waals surface area contributed by atoms with E-state index >= 15 is 0 Å². The molecule has 2 aliphatic rings. The van der Waals surface area contributed by atoms with E-state index in [1.807, 2.05) is 12.1 Å². The molecule has 126 valence electrons. The van der Waals surface area contributed by atoms with Crippen molar-refractivity contribution in [1.29, 1.82) is 0 Å². The lowest BCUT2D eigenvalue weighted by Gasteiger charge is -2.24. The van der Waals surface area contributed by atoms with Gasteiger partial charge in [0.05, 0.1) is 11.0 Å². The molecule has 1 unspecified atom stereocenters. The highest BCUT2D eigenvalue weighted by atomic mass is 35.5. The largest absolute Gasteiger partial charge is 0.345 e. The summed E-state index contributed by atoms with van der Waals surface area (Å²) in [7, 11) is 0. The van der Waals surface area contributed by atoms with Gasteiger partial charge in [0.15, 0.2) is 0 Å². The van der Waals surface area contributed by atoms with Gasteiger partial charge in [-0.2, -0.15) is 0 Å². The summed E-state index contributed by atoms with van der Waals surface area (Å²) in [5.41, 5.74) is 4.60. The van der Waals surface area contributed by atoms with Crippen molar-refractivity contribution >= 4 is 40.4 Å². The predicted octanol–water partition coefficient (Wildman–Crippen LogP) is 4.67. The maximum atomic E-state index is 11.8. The Morgan fingerprint density at radius 1 is 1.12 bits per heavy atom. The Balaban J connectivity index is 1.92. The molecule has 1 aliphatic heterocycles. The normalized spacial score (nSPS) is 18.6. The van der Waals surface area contributed by atoms with E-state index in [4.69, 9.17) is 23.2 Å². The summed E-state index contributed by atoms with van der Waals surface area (Å²) in [6.45, 7) is 0. The van der Waals surface area contributed by atoms with Crippen LogP contribution in [0.4, 0.5) is 5.69 Å². The second-order valence-corrected chi connectivity index (χ2v) is 6.90. The zero-order valence-electron chi connectivity index (χ0n) is 12.9. The van der Waals surface area contributed by atoms with Crippen LogP contribution in [-0.4, -0.2) is 10.8 Å². The molecule has 1 atom stereocenters. The van der Waals surface area contributed by atoms with Gasteiger partial charge in [-0.25, -0.2) is 0 Å². The topological polar surface area (TPSA) is 72.2 Å². The number of amides is 1. The minimum absolute atomic E-state index is 0.0117. The highest BCUT2D eigenvalue weighted by Gasteiger charge is 2.36. The Labute approximate surface area is 153 Å². The van der Waals surface area contributed by atoms with Crippen molar-refractivity contribution < 1.29 is 9.72 Å². The molecule has 1 heterocycles. The molecule has 2 aromatic carbocycles. The van der Waals surface area contributed by atoms with Gasteiger partial charge in [-0.05, 0) is 58.5 Å². The molecular formula is C18H12Cl2N2O3. The maximum absolute atomic E-state index is 11.8. The van der Waals surface area contributed by atoms with Crippen LogP contribution in [0, 0.1) is 10.1 Å². The van der Waals surface area contributed by atoms with E-state index in [1.54, 1.807) is 18.2 Å². The third kappa shape index (κ3) is 2.60. The summed E-state index contributed by atoms with van der Waals surface area (Å²) >= 11 is 12.3. The number of nitrogens with one attached hydrogen (secondary N) is 1. The van der Waals surface area contributed by atoms with Crippen LogP contribution in [0.1, 0.15) is 35.6 Å². The van der Waals surface area contributed by atoms with Crippen molar-refractivity contribution in [3.8, 4) is 0 Å². The van der Waals surface area contributed by atoms with Crippen LogP contribution >= 0.6 is 23.2 Å². The molecule has 0 bridgehead atoms. The van der Waals surface area contributed by atoms with Gasteiger partial charge >= 0.3 is 0 Å². The summed E-state index contributed by atoms with van der Waals surface area (Å²) in [5, 5.41) is 14.7. The van der Waals surface area contributed by atoms with E-state index in [9.17, 15) is 14.9 Å². The van der Waals surface area contributed by atoms with Gasteiger partial charge in [0.2, 0.25) is 5.91 Å². The first-order valence-corrected chi connectivity index (χ1v) is 8.48. The lowest BCUT2D eigenvalue weighted by molar-refractivity contribution is -0.384. The SMILES string of the molecule is O=C1CCC2=C(c3ccc([N+](=O)[O-])c(Cl)c3)c3cc(Cl)ccc3C2N1. The first-order chi connectivity index (χ1) is 12.0. The molecule has 1 N–H and O–H groups in total. The number of halogens is 2. The van der Waals surface area contributed by atoms with Gasteiger partial charge < -0.3 is 5.32 Å². The van der Waals surface area contributed by atoms with E-state index in [0.29, 0.717) is 17.9 Å². The number of nitrogens with zero attached hydrogens (tertiary/aromatic N) is 1. The van der Waals surface area contributed by atoms with Crippen LogP contribution in [0.2, 0.25) is 10.0 Å². The molecule has 1 aliphatic carbocycles. The number of carbonyl (C=O) groups excluding carboxylic acids is 1. The van der Waals surface area contributed by atoms with Crippen LogP contribution in [0.3, 0.4) is 0 Å². The van der Waals surface area contributed by atoms with Gasteiger partial charge in [-0.1, -0.05) is 29.3 Å². The molecule has 7 heteroatoms. The van der Waals surface area contributed by atoms with Crippen LogP contribution < -0.4 is 5.32 Å². The molecule has 1 saturated heterocycles. The number of nitro benzene ring substituents is 1. The van der Waals surface area contributed by atoms with E-state index in [1.165, 1.54) is 6.07 Å². The Bertz CT molecular complexity index is 969. The number of benzene rings is 2. The molecule has 0 radical (unpaired) electrons. The van der Waals surface area contributed by atoms with Crippen molar-refractivity contribution in [2.45, 2.75) is 18.9 Å². The summed E-state index contributed by atoms with van der Waals surface area (Å²) in [6.07, 6.45) is 1.05. The Morgan fingerprint density at radius 2 is 1.92 bits per heavy atom. The number of piperidine rings is 1. The van der Waals surface area contributed by atoms with E-state index in [-0.39, 0.29) is 22.7 Å². The second-order valence-electron chi connectivity index (χ2n) is 6.06. The zero-order chi connectivity index (χ0) is 17.7. The third-order valence-corrected chi connectivity index (χ3v) is 5.16. The third-order valence-electron chi connectivity index (χ3n) is 4.63. The number of nitro groups is 1. The Hall–Kier alpha value is -2.37. The average Bonchev–Trinajstić information content (AvgIpc) is 2.87. The molecule has 2 aromatic rings. The second kappa shape index (κ2) is 5.86. The van der Waals surface area contributed by atoms with Gasteiger partial charge in [0.1, 0.15) is 5.02 Å². The van der Waals surface area contributed by atoms with Crippen molar-refractivity contribution in [3.63, 3.8) is 0 Å². The van der Waals surface area contributed by atoms with Gasteiger partial charge in [-0.3, -0.25) is 14.9 Å². The molecule has 0 aromatic heterocycles. The van der Waals surface area contributed by atoms with E-state index < -0.39 is 4.92 Å². The van der Waals surface area contributed by atoms with Gasteiger partial charge in [-0.15, -0.1) is 0 Å².